The molecule has 0 fully saturated rings. The number of hydrogen-bond acceptors (Lipinski definition) is 2. The van der Waals surface area contributed by atoms with E-state index in [0.717, 1.165) is 19.4 Å². The lowest BCUT2D eigenvalue weighted by Crippen LogP contribution is -2.29. The van der Waals surface area contributed by atoms with E-state index in [4.69, 9.17) is 0 Å². The molecule has 18 heavy (non-hydrogen) atoms. The smallest absolute Gasteiger partial charge is 0.169 e. The van der Waals surface area contributed by atoms with Crippen molar-refractivity contribution in [3.8, 4) is 0 Å². The van der Waals surface area contributed by atoms with E-state index in [2.05, 4.69) is 11.8 Å². The number of benzene rings is 1. The Hall–Kier alpha value is -1.22. The van der Waals surface area contributed by atoms with E-state index in [0.29, 0.717) is 6.54 Å². The molecular weight excluding hydrogens is 229 g/mol. The summed E-state index contributed by atoms with van der Waals surface area (Å²) in [5, 5.41) is 0. The predicted octanol–water partition coefficient (Wildman–Crippen LogP) is 3.38. The van der Waals surface area contributed by atoms with Gasteiger partial charge in [-0.25, -0.2) is 4.39 Å². The zero-order chi connectivity index (χ0) is 13.5. The van der Waals surface area contributed by atoms with Crippen LogP contribution < -0.4 is 0 Å². The molecule has 0 radical (unpaired) electrons. The van der Waals surface area contributed by atoms with Gasteiger partial charge in [-0.15, -0.1) is 0 Å². The summed E-state index contributed by atoms with van der Waals surface area (Å²) in [5.74, 6) is -0.717. The lowest BCUT2D eigenvalue weighted by Gasteiger charge is -2.20. The third kappa shape index (κ3) is 4.22. The highest BCUT2D eigenvalue weighted by Crippen LogP contribution is 2.13. The van der Waals surface area contributed by atoms with Crippen molar-refractivity contribution in [1.82, 2.24) is 4.90 Å². The first-order chi connectivity index (χ1) is 8.56. The van der Waals surface area contributed by atoms with Gasteiger partial charge < -0.3 is 4.90 Å². The topological polar surface area (TPSA) is 20.3 Å². The molecule has 0 bridgehead atoms. The van der Waals surface area contributed by atoms with Crippen LogP contribution in [0.25, 0.3) is 0 Å². The van der Waals surface area contributed by atoms with Crippen LogP contribution in [-0.2, 0) is 0 Å². The van der Waals surface area contributed by atoms with Crippen LogP contribution in [0.5, 0.6) is 0 Å². The maximum absolute atomic E-state index is 13.5. The van der Waals surface area contributed by atoms with Crippen LogP contribution in [0.2, 0.25) is 0 Å². The number of rotatable bonds is 7. The van der Waals surface area contributed by atoms with E-state index in [9.17, 15) is 9.18 Å². The SMILES string of the molecule is CCCCN(C)CC(C)C(=O)c1ccccc1F. The molecule has 0 heterocycles. The molecule has 1 aromatic rings. The van der Waals surface area contributed by atoms with Crippen LogP contribution in [0.3, 0.4) is 0 Å². The molecule has 3 heteroatoms. The van der Waals surface area contributed by atoms with Gasteiger partial charge in [0, 0.05) is 12.5 Å². The summed E-state index contributed by atoms with van der Waals surface area (Å²) in [6.45, 7) is 5.65. The molecule has 1 rings (SSSR count). The minimum atomic E-state index is -0.425. The zero-order valence-electron chi connectivity index (χ0n) is 11.4. The molecule has 0 saturated carbocycles. The van der Waals surface area contributed by atoms with E-state index >= 15 is 0 Å². The molecule has 1 atom stereocenters. The van der Waals surface area contributed by atoms with Gasteiger partial charge in [0.25, 0.3) is 0 Å². The minimum Gasteiger partial charge on any atom is -0.306 e. The Kier molecular flexibility index (Phi) is 5.99. The summed E-state index contributed by atoms with van der Waals surface area (Å²) in [6.07, 6.45) is 2.26. The maximum atomic E-state index is 13.5. The second-order valence-corrected chi connectivity index (χ2v) is 4.86. The average molecular weight is 251 g/mol. The van der Waals surface area contributed by atoms with Crippen LogP contribution in [0.4, 0.5) is 4.39 Å². The van der Waals surface area contributed by atoms with Gasteiger partial charge in [0.2, 0.25) is 0 Å². The van der Waals surface area contributed by atoms with Crippen LogP contribution in [-0.4, -0.2) is 30.8 Å². The second-order valence-electron chi connectivity index (χ2n) is 4.86. The quantitative estimate of drug-likeness (QED) is 0.692. The number of nitrogens with zero attached hydrogens (tertiary/aromatic N) is 1. The summed E-state index contributed by atoms with van der Waals surface area (Å²) in [4.78, 5) is 14.2. The second kappa shape index (κ2) is 7.27. The van der Waals surface area contributed by atoms with Gasteiger partial charge in [-0.3, -0.25) is 4.79 Å². The van der Waals surface area contributed by atoms with Crippen LogP contribution in [0.15, 0.2) is 24.3 Å². The summed E-state index contributed by atoms with van der Waals surface area (Å²) < 4.78 is 13.5. The summed E-state index contributed by atoms with van der Waals surface area (Å²) in [7, 11) is 2.00. The van der Waals surface area contributed by atoms with Gasteiger partial charge in [-0.05, 0) is 32.1 Å². The van der Waals surface area contributed by atoms with E-state index in [1.54, 1.807) is 18.2 Å². The van der Waals surface area contributed by atoms with Crippen molar-refractivity contribution in [3.63, 3.8) is 0 Å². The summed E-state index contributed by atoms with van der Waals surface area (Å²) in [5.41, 5.74) is 0.203. The van der Waals surface area contributed by atoms with Crippen LogP contribution in [0.1, 0.15) is 37.0 Å². The van der Waals surface area contributed by atoms with Crippen molar-refractivity contribution in [3.05, 3.63) is 35.6 Å². The normalized spacial score (nSPS) is 12.7. The van der Waals surface area contributed by atoms with Gasteiger partial charge in [0.15, 0.2) is 5.78 Å². The fraction of sp³-hybridized carbons (Fsp3) is 0.533. The molecule has 0 amide bonds. The van der Waals surface area contributed by atoms with E-state index in [-0.39, 0.29) is 17.3 Å². The van der Waals surface area contributed by atoms with Crippen molar-refractivity contribution in [1.29, 1.82) is 0 Å². The third-order valence-corrected chi connectivity index (χ3v) is 3.07. The molecule has 1 unspecified atom stereocenters. The molecule has 0 aliphatic heterocycles. The van der Waals surface area contributed by atoms with Crippen LogP contribution >= 0.6 is 0 Å². The number of Topliss-reactive ketones (excluding diaryl/α,β-unsaturated/α-hetero) is 1. The van der Waals surface area contributed by atoms with E-state index in [1.165, 1.54) is 6.07 Å². The largest absolute Gasteiger partial charge is 0.306 e. The number of unbranched alkanes of at least 4 members (excludes halogenated alkanes) is 1. The van der Waals surface area contributed by atoms with Crippen molar-refractivity contribution >= 4 is 5.78 Å². The van der Waals surface area contributed by atoms with Gasteiger partial charge in [0.05, 0.1) is 5.56 Å². The van der Waals surface area contributed by atoms with Gasteiger partial charge in [0.1, 0.15) is 5.82 Å². The zero-order valence-corrected chi connectivity index (χ0v) is 11.4. The van der Waals surface area contributed by atoms with Crippen molar-refractivity contribution in [2.24, 2.45) is 5.92 Å². The molecule has 100 valence electrons. The number of hydrogen-bond donors (Lipinski definition) is 0. The Labute approximate surface area is 109 Å². The van der Waals surface area contributed by atoms with Crippen molar-refractivity contribution < 1.29 is 9.18 Å². The lowest BCUT2D eigenvalue weighted by atomic mass is 9.98. The Bertz CT molecular complexity index is 392. The highest BCUT2D eigenvalue weighted by molar-refractivity contribution is 5.98. The molecule has 1 aromatic carbocycles. The van der Waals surface area contributed by atoms with Crippen LogP contribution in [0, 0.1) is 11.7 Å². The monoisotopic (exact) mass is 251 g/mol. The molecule has 0 N–H and O–H groups in total. The fourth-order valence-corrected chi connectivity index (χ4v) is 2.00. The Balaban J connectivity index is 2.59. The highest BCUT2D eigenvalue weighted by Gasteiger charge is 2.19. The highest BCUT2D eigenvalue weighted by atomic mass is 19.1. The van der Waals surface area contributed by atoms with Gasteiger partial charge in [-0.1, -0.05) is 32.4 Å². The maximum Gasteiger partial charge on any atom is 0.169 e. The van der Waals surface area contributed by atoms with E-state index in [1.807, 2.05) is 14.0 Å². The number of carbonyl (C=O) groups is 1. The molecule has 0 saturated heterocycles. The van der Waals surface area contributed by atoms with Gasteiger partial charge in [-0.2, -0.15) is 0 Å². The molecule has 0 aliphatic carbocycles. The standard InChI is InChI=1S/C15H22FNO/c1-4-5-10-17(3)11-12(2)15(18)13-8-6-7-9-14(13)16/h6-9,12H,4-5,10-11H2,1-3H3. The Morgan fingerprint density at radius 2 is 2.06 bits per heavy atom. The first-order valence-corrected chi connectivity index (χ1v) is 6.53. The van der Waals surface area contributed by atoms with Crippen molar-refractivity contribution in [2.75, 3.05) is 20.1 Å². The molecule has 2 nitrogen and oxygen atoms in total. The minimum absolute atomic E-state index is 0.114. The first kappa shape index (κ1) is 14.8. The fourth-order valence-electron chi connectivity index (χ4n) is 2.00. The molecule has 0 spiro atoms. The van der Waals surface area contributed by atoms with Gasteiger partial charge >= 0.3 is 0 Å². The lowest BCUT2D eigenvalue weighted by molar-refractivity contribution is 0.0898. The summed E-state index contributed by atoms with van der Waals surface area (Å²) >= 11 is 0. The molecule has 0 aliphatic rings. The number of carbonyl (C=O) groups excluding carboxylic acids is 1. The predicted molar refractivity (Wildman–Crippen MR) is 72.3 cm³/mol. The Morgan fingerprint density at radius 1 is 1.39 bits per heavy atom. The number of ketones is 1. The number of halogens is 1. The molecule has 0 aromatic heterocycles. The third-order valence-electron chi connectivity index (χ3n) is 3.07. The summed E-state index contributed by atoms with van der Waals surface area (Å²) in [6, 6.07) is 6.19. The Morgan fingerprint density at radius 3 is 2.67 bits per heavy atom. The first-order valence-electron chi connectivity index (χ1n) is 6.53. The van der Waals surface area contributed by atoms with Crippen molar-refractivity contribution in [2.45, 2.75) is 26.7 Å². The average Bonchev–Trinajstić information content (AvgIpc) is 2.36. The molecular formula is C15H22FNO. The van der Waals surface area contributed by atoms with E-state index < -0.39 is 5.82 Å².